The second kappa shape index (κ2) is 6.94. The number of aromatic nitrogens is 1. The van der Waals surface area contributed by atoms with E-state index in [2.05, 4.69) is 10.3 Å². The van der Waals surface area contributed by atoms with Crippen molar-refractivity contribution in [3.63, 3.8) is 0 Å². The van der Waals surface area contributed by atoms with Crippen molar-refractivity contribution >= 4 is 23.3 Å². The van der Waals surface area contributed by atoms with E-state index in [1.54, 1.807) is 0 Å². The first-order chi connectivity index (χ1) is 10.5. The number of nitrogens with one attached hydrogen (secondary N) is 2. The van der Waals surface area contributed by atoms with Crippen LogP contribution in [0.5, 0.6) is 0 Å². The van der Waals surface area contributed by atoms with Crippen LogP contribution in [0.1, 0.15) is 10.5 Å². The maximum Gasteiger partial charge on any atom is 0.271 e. The van der Waals surface area contributed by atoms with Crippen LogP contribution in [0.4, 0.5) is 13.6 Å². The molecular weight excluding hydrogens is 316 g/mol. The summed E-state index contributed by atoms with van der Waals surface area (Å²) in [6.45, 7) is 0.00340. The molecule has 1 aromatic heterocycles. The zero-order chi connectivity index (χ0) is 16.1. The summed E-state index contributed by atoms with van der Waals surface area (Å²) < 4.78 is 26.5. The number of thiazole rings is 1. The maximum absolute atomic E-state index is 13.3. The Labute approximate surface area is 127 Å². The Morgan fingerprint density at radius 3 is 2.41 bits per heavy atom. The number of benzene rings is 1. The van der Waals surface area contributed by atoms with E-state index in [-0.39, 0.29) is 24.3 Å². The van der Waals surface area contributed by atoms with Crippen molar-refractivity contribution in [3.8, 4) is 10.4 Å². The van der Waals surface area contributed by atoms with Gasteiger partial charge in [0.1, 0.15) is 23.4 Å². The zero-order valence-corrected chi connectivity index (χ0v) is 11.9. The normalized spacial score (nSPS) is 10.3. The molecule has 0 atom stereocenters. The summed E-state index contributed by atoms with van der Waals surface area (Å²) in [6.07, 6.45) is -1.45. The third-order valence-electron chi connectivity index (χ3n) is 2.59. The van der Waals surface area contributed by atoms with Gasteiger partial charge in [0.05, 0.1) is 10.4 Å². The largest absolute Gasteiger partial charge is 0.530 e. The average molecular weight is 326 g/mol. The Morgan fingerprint density at radius 2 is 1.77 bits per heavy atom. The number of halogens is 2. The average Bonchev–Trinajstić information content (AvgIpc) is 2.91. The molecule has 2 rings (SSSR count). The molecule has 2 N–H and O–H groups in total. The Morgan fingerprint density at radius 1 is 1.14 bits per heavy atom. The molecule has 0 aliphatic heterocycles. The smallest absolute Gasteiger partial charge is 0.271 e. The van der Waals surface area contributed by atoms with Crippen LogP contribution in [0.15, 0.2) is 23.7 Å². The standard InChI is InChI=1S/C13H11F2N3O3S/c14-8-3-7(4-9(15)5-8)11-10(18-6-22-11)12(19)16-1-2-17-13(20)21/h3-6,17H,1-2H2,(H,16,19)(H,20,21)/p-1. The molecule has 0 saturated heterocycles. The van der Waals surface area contributed by atoms with Crippen LogP contribution in [0.3, 0.4) is 0 Å². The number of nitrogens with zero attached hydrogens (tertiary/aromatic N) is 1. The van der Waals surface area contributed by atoms with Gasteiger partial charge in [0.15, 0.2) is 0 Å². The van der Waals surface area contributed by atoms with Crippen molar-refractivity contribution in [3.05, 3.63) is 41.0 Å². The van der Waals surface area contributed by atoms with Gasteiger partial charge in [-0.15, -0.1) is 11.3 Å². The lowest BCUT2D eigenvalue weighted by molar-refractivity contribution is -0.250. The monoisotopic (exact) mass is 326 g/mol. The molecule has 0 fully saturated rings. The maximum atomic E-state index is 13.3. The van der Waals surface area contributed by atoms with E-state index in [1.807, 2.05) is 5.32 Å². The lowest BCUT2D eigenvalue weighted by atomic mass is 10.1. The second-order valence-electron chi connectivity index (χ2n) is 4.16. The van der Waals surface area contributed by atoms with E-state index in [1.165, 1.54) is 5.51 Å². The van der Waals surface area contributed by atoms with E-state index in [9.17, 15) is 23.5 Å². The van der Waals surface area contributed by atoms with Crippen LogP contribution in [0, 0.1) is 11.6 Å². The fourth-order valence-corrected chi connectivity index (χ4v) is 2.50. The van der Waals surface area contributed by atoms with E-state index in [0.29, 0.717) is 4.88 Å². The molecule has 0 unspecified atom stereocenters. The highest BCUT2D eigenvalue weighted by Gasteiger charge is 2.17. The van der Waals surface area contributed by atoms with Crippen molar-refractivity contribution in [2.45, 2.75) is 0 Å². The summed E-state index contributed by atoms with van der Waals surface area (Å²) >= 11 is 1.07. The van der Waals surface area contributed by atoms with Gasteiger partial charge in [0.25, 0.3) is 5.91 Å². The Balaban J connectivity index is 2.11. The van der Waals surface area contributed by atoms with Gasteiger partial charge in [-0.1, -0.05) is 0 Å². The fraction of sp³-hybridized carbons (Fsp3) is 0.154. The van der Waals surface area contributed by atoms with Gasteiger partial charge in [-0.25, -0.2) is 13.8 Å². The van der Waals surface area contributed by atoms with Crippen LogP contribution in [-0.4, -0.2) is 30.1 Å². The molecule has 0 spiro atoms. The molecule has 6 nitrogen and oxygen atoms in total. The van der Waals surface area contributed by atoms with Gasteiger partial charge in [-0.3, -0.25) is 4.79 Å². The van der Waals surface area contributed by atoms with Crippen LogP contribution in [-0.2, 0) is 0 Å². The van der Waals surface area contributed by atoms with E-state index < -0.39 is 23.6 Å². The van der Waals surface area contributed by atoms with Crippen LogP contribution >= 0.6 is 11.3 Å². The lowest BCUT2D eigenvalue weighted by Gasteiger charge is -2.08. The van der Waals surface area contributed by atoms with Crippen molar-refractivity contribution < 1.29 is 23.5 Å². The Hall–Kier alpha value is -2.55. The molecule has 0 aliphatic carbocycles. The van der Waals surface area contributed by atoms with Gasteiger partial charge < -0.3 is 20.5 Å². The third kappa shape index (κ3) is 3.98. The summed E-state index contributed by atoms with van der Waals surface area (Å²) in [6, 6.07) is 2.94. The van der Waals surface area contributed by atoms with E-state index in [0.717, 1.165) is 29.5 Å². The minimum atomic E-state index is -1.45. The predicted molar refractivity (Wildman–Crippen MR) is 73.2 cm³/mol. The number of rotatable bonds is 5. The number of amides is 2. The number of hydrogen-bond acceptors (Lipinski definition) is 5. The summed E-state index contributed by atoms with van der Waals surface area (Å²) in [5.74, 6) is -2.08. The molecule has 22 heavy (non-hydrogen) atoms. The molecule has 1 aromatic carbocycles. The van der Waals surface area contributed by atoms with Crippen LogP contribution in [0.2, 0.25) is 0 Å². The number of carbonyl (C=O) groups is 2. The third-order valence-corrected chi connectivity index (χ3v) is 3.46. The fourth-order valence-electron chi connectivity index (χ4n) is 1.72. The highest BCUT2D eigenvalue weighted by atomic mass is 32.1. The Bertz CT molecular complexity index is 685. The molecule has 116 valence electrons. The number of carbonyl (C=O) groups excluding carboxylic acids is 2. The predicted octanol–water partition coefficient (Wildman–Crippen LogP) is 0.751. The second-order valence-corrected chi connectivity index (χ2v) is 5.01. The molecule has 2 amide bonds. The molecule has 1 heterocycles. The first-order valence-corrected chi connectivity index (χ1v) is 6.98. The van der Waals surface area contributed by atoms with Gasteiger partial charge in [-0.2, -0.15) is 0 Å². The highest BCUT2D eigenvalue weighted by Crippen LogP contribution is 2.28. The van der Waals surface area contributed by atoms with Crippen molar-refractivity contribution in [1.29, 1.82) is 0 Å². The molecular formula is C13H10F2N3O3S-. The topological polar surface area (TPSA) is 94.1 Å². The van der Waals surface area contributed by atoms with Gasteiger partial charge in [-0.05, 0) is 17.7 Å². The summed E-state index contributed by atoms with van der Waals surface area (Å²) in [5, 5.41) is 14.6. The minimum Gasteiger partial charge on any atom is -0.530 e. The first-order valence-electron chi connectivity index (χ1n) is 6.10. The number of hydrogen-bond donors (Lipinski definition) is 2. The SMILES string of the molecule is O=C([O-])NCCNC(=O)c1ncsc1-c1cc(F)cc(F)c1. The summed E-state index contributed by atoms with van der Waals surface area (Å²) in [7, 11) is 0. The number of carboxylic acid groups (broad SMARTS) is 1. The van der Waals surface area contributed by atoms with Crippen LogP contribution in [0.25, 0.3) is 10.4 Å². The van der Waals surface area contributed by atoms with Crippen molar-refractivity contribution in [2.75, 3.05) is 13.1 Å². The Kier molecular flexibility index (Phi) is 4.99. The van der Waals surface area contributed by atoms with Crippen molar-refractivity contribution in [1.82, 2.24) is 15.6 Å². The first kappa shape index (κ1) is 15.8. The van der Waals surface area contributed by atoms with E-state index in [4.69, 9.17) is 0 Å². The molecule has 0 saturated carbocycles. The highest BCUT2D eigenvalue weighted by molar-refractivity contribution is 7.13. The quantitative estimate of drug-likeness (QED) is 0.793. The summed E-state index contributed by atoms with van der Waals surface area (Å²) in [4.78, 5) is 26.3. The summed E-state index contributed by atoms with van der Waals surface area (Å²) in [5.41, 5.74) is 1.60. The van der Waals surface area contributed by atoms with E-state index >= 15 is 0 Å². The minimum absolute atomic E-state index is 0.0171. The lowest BCUT2D eigenvalue weighted by Crippen LogP contribution is -2.41. The molecule has 9 heteroatoms. The van der Waals surface area contributed by atoms with Gasteiger partial charge in [0, 0.05) is 19.2 Å². The van der Waals surface area contributed by atoms with Gasteiger partial charge in [0.2, 0.25) is 0 Å². The molecule has 2 aromatic rings. The molecule has 0 aliphatic rings. The molecule has 0 radical (unpaired) electrons. The zero-order valence-electron chi connectivity index (χ0n) is 11.1. The van der Waals surface area contributed by atoms with Crippen molar-refractivity contribution in [2.24, 2.45) is 0 Å². The van der Waals surface area contributed by atoms with Gasteiger partial charge >= 0.3 is 0 Å². The van der Waals surface area contributed by atoms with Crippen LogP contribution < -0.4 is 15.7 Å². The molecule has 0 bridgehead atoms.